The van der Waals surface area contributed by atoms with Gasteiger partial charge >= 0.3 is 6.61 Å². The van der Waals surface area contributed by atoms with Gasteiger partial charge in [0.2, 0.25) is 0 Å². The molecule has 15 heavy (non-hydrogen) atoms. The first-order chi connectivity index (χ1) is 7.02. The molecule has 0 spiro atoms. The molecule has 0 aliphatic carbocycles. The first-order valence-corrected chi connectivity index (χ1v) is 4.03. The molecule has 1 amide bonds. The zero-order valence-electron chi connectivity index (χ0n) is 7.56. The minimum Gasteiger partial charge on any atom is -0.434 e. The molecule has 0 aliphatic rings. The van der Waals surface area contributed by atoms with E-state index in [1.807, 2.05) is 0 Å². The van der Waals surface area contributed by atoms with Crippen molar-refractivity contribution in [2.45, 2.75) is 12.7 Å². The van der Waals surface area contributed by atoms with Crippen molar-refractivity contribution < 1.29 is 23.4 Å². The monoisotopic (exact) mass is 217 g/mol. The highest BCUT2D eigenvalue weighted by Gasteiger charge is 2.19. The van der Waals surface area contributed by atoms with Crippen molar-refractivity contribution in [3.05, 3.63) is 29.8 Å². The third-order valence-electron chi connectivity index (χ3n) is 1.70. The quantitative estimate of drug-likeness (QED) is 0.783. The van der Waals surface area contributed by atoms with Crippen molar-refractivity contribution in [1.82, 2.24) is 0 Å². The van der Waals surface area contributed by atoms with Crippen LogP contribution in [0.1, 0.15) is 11.7 Å². The van der Waals surface area contributed by atoms with E-state index in [-0.39, 0.29) is 11.3 Å². The molecule has 0 bridgehead atoms. The molecule has 1 aromatic carbocycles. The summed E-state index contributed by atoms with van der Waals surface area (Å²) in [5.74, 6) is -1.29. The standard InChI is InChI=1S/C9H9F2NO3/c10-9(11)15-6-4-2-1-3-5(6)7(13)8(12)14/h1-4,7,9,13H,(H2,12,14). The van der Waals surface area contributed by atoms with Gasteiger partial charge in [-0.2, -0.15) is 8.78 Å². The van der Waals surface area contributed by atoms with Crippen LogP contribution in [0.4, 0.5) is 8.78 Å². The van der Waals surface area contributed by atoms with Crippen LogP contribution in [0.5, 0.6) is 5.75 Å². The smallest absolute Gasteiger partial charge is 0.387 e. The molecule has 0 aromatic heterocycles. The fourth-order valence-electron chi connectivity index (χ4n) is 1.06. The second kappa shape index (κ2) is 4.70. The number of benzene rings is 1. The van der Waals surface area contributed by atoms with Gasteiger partial charge in [-0.05, 0) is 6.07 Å². The second-order valence-electron chi connectivity index (χ2n) is 2.72. The zero-order valence-corrected chi connectivity index (χ0v) is 7.56. The SMILES string of the molecule is NC(=O)C(O)c1ccccc1OC(F)F. The number of aliphatic hydroxyl groups excluding tert-OH is 1. The van der Waals surface area contributed by atoms with Gasteiger partial charge in [0.15, 0.2) is 6.10 Å². The van der Waals surface area contributed by atoms with Crippen LogP contribution in [-0.4, -0.2) is 17.6 Å². The number of hydrogen-bond donors (Lipinski definition) is 2. The molecule has 82 valence electrons. The fourth-order valence-corrected chi connectivity index (χ4v) is 1.06. The Kier molecular flexibility index (Phi) is 3.56. The number of hydrogen-bond acceptors (Lipinski definition) is 3. The van der Waals surface area contributed by atoms with Crippen molar-refractivity contribution >= 4 is 5.91 Å². The van der Waals surface area contributed by atoms with Crippen LogP contribution in [0.3, 0.4) is 0 Å². The van der Waals surface area contributed by atoms with Crippen molar-refractivity contribution in [3.8, 4) is 5.75 Å². The number of rotatable bonds is 4. The molecule has 0 heterocycles. The molecule has 0 saturated carbocycles. The maximum absolute atomic E-state index is 11.9. The summed E-state index contributed by atoms with van der Waals surface area (Å²) in [5, 5.41) is 9.29. The van der Waals surface area contributed by atoms with E-state index in [2.05, 4.69) is 4.74 Å². The number of carbonyl (C=O) groups is 1. The molecule has 1 unspecified atom stereocenters. The number of amides is 1. The fraction of sp³-hybridized carbons (Fsp3) is 0.222. The first-order valence-electron chi connectivity index (χ1n) is 4.03. The molecule has 6 heteroatoms. The van der Waals surface area contributed by atoms with Crippen LogP contribution in [0, 0.1) is 0 Å². The number of para-hydroxylation sites is 1. The summed E-state index contributed by atoms with van der Waals surface area (Å²) < 4.78 is 28.0. The summed E-state index contributed by atoms with van der Waals surface area (Å²) in [6.07, 6.45) is -1.65. The third kappa shape index (κ3) is 2.88. The summed E-state index contributed by atoms with van der Waals surface area (Å²) in [6.45, 7) is -3.02. The van der Waals surface area contributed by atoms with E-state index in [9.17, 15) is 18.7 Å². The molecule has 0 aliphatic heterocycles. The number of halogens is 2. The van der Waals surface area contributed by atoms with Gasteiger partial charge in [0.05, 0.1) is 0 Å². The maximum Gasteiger partial charge on any atom is 0.387 e. The number of ether oxygens (including phenoxy) is 1. The Morgan fingerprint density at radius 2 is 2.00 bits per heavy atom. The number of aliphatic hydroxyl groups is 1. The molecule has 0 fully saturated rings. The van der Waals surface area contributed by atoms with E-state index in [1.165, 1.54) is 24.3 Å². The average molecular weight is 217 g/mol. The van der Waals surface area contributed by atoms with Crippen molar-refractivity contribution in [1.29, 1.82) is 0 Å². The van der Waals surface area contributed by atoms with Crippen LogP contribution in [0.15, 0.2) is 24.3 Å². The van der Waals surface area contributed by atoms with Crippen molar-refractivity contribution in [2.24, 2.45) is 5.73 Å². The maximum atomic E-state index is 11.9. The Hall–Kier alpha value is -1.69. The minimum atomic E-state index is -3.02. The zero-order chi connectivity index (χ0) is 11.4. The summed E-state index contributed by atoms with van der Waals surface area (Å²) in [6, 6.07) is 5.41. The van der Waals surface area contributed by atoms with Crippen LogP contribution in [-0.2, 0) is 4.79 Å². The number of alkyl halides is 2. The number of nitrogens with two attached hydrogens (primary N) is 1. The Morgan fingerprint density at radius 1 is 1.40 bits per heavy atom. The Balaban J connectivity index is 3.00. The molecule has 0 radical (unpaired) electrons. The normalized spacial score (nSPS) is 12.5. The summed E-state index contributed by atoms with van der Waals surface area (Å²) >= 11 is 0. The van der Waals surface area contributed by atoms with E-state index < -0.39 is 18.6 Å². The van der Waals surface area contributed by atoms with Crippen LogP contribution in [0.25, 0.3) is 0 Å². The first kappa shape index (κ1) is 11.4. The van der Waals surface area contributed by atoms with Gasteiger partial charge in [-0.3, -0.25) is 4.79 Å². The van der Waals surface area contributed by atoms with Crippen molar-refractivity contribution in [2.75, 3.05) is 0 Å². The van der Waals surface area contributed by atoms with Crippen LogP contribution >= 0.6 is 0 Å². The second-order valence-corrected chi connectivity index (χ2v) is 2.72. The van der Waals surface area contributed by atoms with Crippen LogP contribution in [0.2, 0.25) is 0 Å². The van der Waals surface area contributed by atoms with Gasteiger partial charge in [0, 0.05) is 5.56 Å². The van der Waals surface area contributed by atoms with Crippen molar-refractivity contribution in [3.63, 3.8) is 0 Å². The summed E-state index contributed by atoms with van der Waals surface area (Å²) in [7, 11) is 0. The molecular weight excluding hydrogens is 208 g/mol. The molecule has 1 aromatic rings. The molecule has 3 N–H and O–H groups in total. The molecular formula is C9H9F2NO3. The predicted molar refractivity (Wildman–Crippen MR) is 47.2 cm³/mol. The molecule has 0 saturated heterocycles. The van der Waals surface area contributed by atoms with E-state index in [1.54, 1.807) is 0 Å². The van der Waals surface area contributed by atoms with E-state index in [4.69, 9.17) is 5.73 Å². The Bertz CT molecular complexity index is 357. The highest BCUT2D eigenvalue weighted by molar-refractivity contribution is 5.80. The van der Waals surface area contributed by atoms with E-state index in [0.717, 1.165) is 0 Å². The Morgan fingerprint density at radius 3 is 2.53 bits per heavy atom. The molecule has 1 atom stereocenters. The number of primary amides is 1. The lowest BCUT2D eigenvalue weighted by Gasteiger charge is -2.12. The third-order valence-corrected chi connectivity index (χ3v) is 1.70. The Labute approximate surface area is 84.3 Å². The lowest BCUT2D eigenvalue weighted by atomic mass is 10.1. The largest absolute Gasteiger partial charge is 0.434 e. The van der Waals surface area contributed by atoms with Gasteiger partial charge in [-0.1, -0.05) is 18.2 Å². The number of carbonyl (C=O) groups excluding carboxylic acids is 1. The summed E-state index contributed by atoms with van der Waals surface area (Å²) in [5.41, 5.74) is 4.76. The molecule has 4 nitrogen and oxygen atoms in total. The lowest BCUT2D eigenvalue weighted by molar-refractivity contribution is -0.126. The van der Waals surface area contributed by atoms with Gasteiger partial charge in [0.25, 0.3) is 5.91 Å². The average Bonchev–Trinajstić information content (AvgIpc) is 2.16. The lowest BCUT2D eigenvalue weighted by Crippen LogP contribution is -2.21. The van der Waals surface area contributed by atoms with Crippen LogP contribution < -0.4 is 10.5 Å². The van der Waals surface area contributed by atoms with E-state index >= 15 is 0 Å². The summed E-state index contributed by atoms with van der Waals surface area (Å²) in [4.78, 5) is 10.7. The van der Waals surface area contributed by atoms with Gasteiger partial charge in [-0.15, -0.1) is 0 Å². The molecule has 1 rings (SSSR count). The van der Waals surface area contributed by atoms with Gasteiger partial charge < -0.3 is 15.6 Å². The van der Waals surface area contributed by atoms with Gasteiger partial charge in [0.1, 0.15) is 5.75 Å². The van der Waals surface area contributed by atoms with E-state index in [0.29, 0.717) is 0 Å². The highest BCUT2D eigenvalue weighted by atomic mass is 19.3. The predicted octanol–water partition coefficient (Wildman–Crippen LogP) is 0.807. The highest BCUT2D eigenvalue weighted by Crippen LogP contribution is 2.26. The topological polar surface area (TPSA) is 72.6 Å². The van der Waals surface area contributed by atoms with Gasteiger partial charge in [-0.25, -0.2) is 0 Å². The minimum absolute atomic E-state index is 0.0784.